The third-order valence-corrected chi connectivity index (χ3v) is 4.43. The minimum Gasteiger partial charge on any atom is -0.492 e. The molecule has 3 aromatic rings. The predicted molar refractivity (Wildman–Crippen MR) is 114 cm³/mol. The quantitative estimate of drug-likeness (QED) is 0.558. The third-order valence-electron chi connectivity index (χ3n) is 4.14. The number of anilines is 3. The van der Waals surface area contributed by atoms with Crippen molar-refractivity contribution in [3.63, 3.8) is 0 Å². The summed E-state index contributed by atoms with van der Waals surface area (Å²) in [6.45, 7) is 6.37. The Bertz CT molecular complexity index is 982. The predicted octanol–water partition coefficient (Wildman–Crippen LogP) is 5.75. The highest BCUT2D eigenvalue weighted by Crippen LogP contribution is 2.29. The molecule has 144 valence electrons. The van der Waals surface area contributed by atoms with E-state index in [0.29, 0.717) is 28.6 Å². The number of halogens is 1. The lowest BCUT2D eigenvalue weighted by atomic mass is 10.1. The minimum atomic E-state index is -0.275. The first-order chi connectivity index (χ1) is 13.5. The Kier molecular flexibility index (Phi) is 6.16. The van der Waals surface area contributed by atoms with E-state index < -0.39 is 0 Å². The van der Waals surface area contributed by atoms with Gasteiger partial charge in [-0.25, -0.2) is 0 Å². The first-order valence-corrected chi connectivity index (χ1v) is 9.37. The molecule has 0 fully saturated rings. The van der Waals surface area contributed by atoms with E-state index in [4.69, 9.17) is 16.3 Å². The number of aryl methyl sites for hydroxylation is 2. The number of para-hydroxylation sites is 2. The largest absolute Gasteiger partial charge is 0.492 e. The van der Waals surface area contributed by atoms with Crippen LogP contribution >= 0.6 is 11.6 Å². The fourth-order valence-electron chi connectivity index (χ4n) is 2.90. The molecular weight excluding hydrogens is 374 g/mol. The summed E-state index contributed by atoms with van der Waals surface area (Å²) < 4.78 is 5.63. The van der Waals surface area contributed by atoms with E-state index in [9.17, 15) is 4.79 Å². The summed E-state index contributed by atoms with van der Waals surface area (Å²) in [6, 6.07) is 13.2. The summed E-state index contributed by atoms with van der Waals surface area (Å²) >= 11 is 6.30. The van der Waals surface area contributed by atoms with Crippen LogP contribution in [0.3, 0.4) is 0 Å². The number of amides is 1. The summed E-state index contributed by atoms with van der Waals surface area (Å²) in [5.74, 6) is 0.463. The fourth-order valence-corrected chi connectivity index (χ4v) is 3.27. The SMILES string of the molecule is CCOc1ccccc1Nc1cncc(C(=O)Nc2c(C)cc(C)cc2Cl)c1. The number of nitrogens with one attached hydrogen (secondary N) is 2. The van der Waals surface area contributed by atoms with Crippen LogP contribution in [0.2, 0.25) is 5.02 Å². The van der Waals surface area contributed by atoms with Gasteiger partial charge in [-0.3, -0.25) is 9.78 Å². The minimum absolute atomic E-state index is 0.275. The Morgan fingerprint density at radius 1 is 1.14 bits per heavy atom. The second-order valence-electron chi connectivity index (χ2n) is 6.41. The zero-order valence-corrected chi connectivity index (χ0v) is 16.8. The van der Waals surface area contributed by atoms with E-state index in [0.717, 1.165) is 22.6 Å². The molecule has 1 amide bonds. The van der Waals surface area contributed by atoms with Gasteiger partial charge in [0.25, 0.3) is 5.91 Å². The molecule has 0 saturated heterocycles. The van der Waals surface area contributed by atoms with Gasteiger partial charge >= 0.3 is 0 Å². The summed E-state index contributed by atoms with van der Waals surface area (Å²) in [5, 5.41) is 6.65. The third kappa shape index (κ3) is 4.61. The first kappa shape index (κ1) is 19.7. The number of carbonyl (C=O) groups excluding carboxylic acids is 1. The van der Waals surface area contributed by atoms with Crippen molar-refractivity contribution in [2.24, 2.45) is 0 Å². The fraction of sp³-hybridized carbons (Fsp3) is 0.182. The summed E-state index contributed by atoms with van der Waals surface area (Å²) in [4.78, 5) is 16.9. The molecule has 28 heavy (non-hydrogen) atoms. The van der Waals surface area contributed by atoms with Gasteiger partial charge in [0.1, 0.15) is 5.75 Å². The highest BCUT2D eigenvalue weighted by molar-refractivity contribution is 6.34. The molecule has 0 saturated carbocycles. The molecule has 0 spiro atoms. The standard InChI is InChI=1S/C22H22ClN3O2/c1-4-28-20-8-6-5-7-19(20)25-17-11-16(12-24-13-17)22(27)26-21-15(3)9-14(2)10-18(21)23/h5-13,25H,4H2,1-3H3,(H,26,27). The molecule has 1 aromatic heterocycles. The van der Waals surface area contributed by atoms with Crippen LogP contribution in [0.5, 0.6) is 5.75 Å². The average Bonchev–Trinajstić information content (AvgIpc) is 2.66. The molecule has 0 aliphatic heterocycles. The zero-order valence-electron chi connectivity index (χ0n) is 16.0. The maximum atomic E-state index is 12.7. The Hall–Kier alpha value is -3.05. The Morgan fingerprint density at radius 3 is 2.68 bits per heavy atom. The normalized spacial score (nSPS) is 10.4. The van der Waals surface area contributed by atoms with Crippen LogP contribution in [-0.2, 0) is 0 Å². The van der Waals surface area contributed by atoms with Gasteiger partial charge in [0.15, 0.2) is 0 Å². The van der Waals surface area contributed by atoms with Gasteiger partial charge < -0.3 is 15.4 Å². The summed E-state index contributed by atoms with van der Waals surface area (Å²) in [7, 11) is 0. The number of pyridine rings is 1. The lowest BCUT2D eigenvalue weighted by Gasteiger charge is -2.14. The maximum Gasteiger partial charge on any atom is 0.257 e. The van der Waals surface area contributed by atoms with Crippen molar-refractivity contribution in [2.75, 3.05) is 17.2 Å². The Labute approximate surface area is 169 Å². The molecule has 0 aliphatic carbocycles. The van der Waals surface area contributed by atoms with E-state index in [1.165, 1.54) is 6.20 Å². The van der Waals surface area contributed by atoms with Crippen LogP contribution in [0, 0.1) is 13.8 Å². The van der Waals surface area contributed by atoms with Crippen LogP contribution < -0.4 is 15.4 Å². The van der Waals surface area contributed by atoms with E-state index >= 15 is 0 Å². The number of benzene rings is 2. The Balaban J connectivity index is 1.81. The van der Waals surface area contributed by atoms with Crippen molar-refractivity contribution in [1.29, 1.82) is 0 Å². The van der Waals surface area contributed by atoms with Crippen molar-refractivity contribution in [3.05, 3.63) is 76.6 Å². The lowest BCUT2D eigenvalue weighted by molar-refractivity contribution is 0.102. The van der Waals surface area contributed by atoms with E-state index in [2.05, 4.69) is 15.6 Å². The molecule has 1 heterocycles. The summed E-state index contributed by atoms with van der Waals surface area (Å²) in [6.07, 6.45) is 3.18. The van der Waals surface area contributed by atoms with E-state index in [1.54, 1.807) is 12.3 Å². The van der Waals surface area contributed by atoms with Crippen LogP contribution in [0.15, 0.2) is 54.9 Å². The number of aromatic nitrogens is 1. The van der Waals surface area contributed by atoms with Gasteiger partial charge in [0.2, 0.25) is 0 Å². The topological polar surface area (TPSA) is 63.2 Å². The molecule has 6 heteroatoms. The molecule has 0 unspecified atom stereocenters. The van der Waals surface area contributed by atoms with E-state index in [1.807, 2.05) is 57.2 Å². The highest BCUT2D eigenvalue weighted by atomic mass is 35.5. The lowest BCUT2D eigenvalue weighted by Crippen LogP contribution is -2.14. The van der Waals surface area contributed by atoms with Crippen molar-refractivity contribution in [2.45, 2.75) is 20.8 Å². The molecule has 5 nitrogen and oxygen atoms in total. The van der Waals surface area contributed by atoms with Crippen molar-refractivity contribution in [3.8, 4) is 5.75 Å². The molecule has 0 atom stereocenters. The molecule has 3 rings (SSSR count). The van der Waals surface area contributed by atoms with Gasteiger partial charge in [-0.2, -0.15) is 0 Å². The van der Waals surface area contributed by atoms with Gasteiger partial charge in [0, 0.05) is 6.20 Å². The van der Waals surface area contributed by atoms with Gasteiger partial charge in [-0.05, 0) is 56.2 Å². The smallest absolute Gasteiger partial charge is 0.257 e. The second-order valence-corrected chi connectivity index (χ2v) is 6.82. The number of nitrogens with zero attached hydrogens (tertiary/aromatic N) is 1. The first-order valence-electron chi connectivity index (χ1n) is 9.00. The molecule has 0 aliphatic rings. The number of hydrogen-bond acceptors (Lipinski definition) is 4. The average molecular weight is 396 g/mol. The zero-order chi connectivity index (χ0) is 20.1. The maximum absolute atomic E-state index is 12.7. The number of rotatable bonds is 6. The van der Waals surface area contributed by atoms with Crippen LogP contribution in [0.1, 0.15) is 28.4 Å². The molecule has 2 aromatic carbocycles. The van der Waals surface area contributed by atoms with Crippen LogP contribution in [-0.4, -0.2) is 17.5 Å². The van der Waals surface area contributed by atoms with Gasteiger partial charge in [-0.1, -0.05) is 29.8 Å². The van der Waals surface area contributed by atoms with Crippen molar-refractivity contribution < 1.29 is 9.53 Å². The molecule has 0 bridgehead atoms. The monoisotopic (exact) mass is 395 g/mol. The molecule has 2 N–H and O–H groups in total. The van der Waals surface area contributed by atoms with Crippen LogP contribution in [0.25, 0.3) is 0 Å². The second kappa shape index (κ2) is 8.76. The number of ether oxygens (including phenoxy) is 1. The number of carbonyl (C=O) groups is 1. The number of hydrogen-bond donors (Lipinski definition) is 2. The highest BCUT2D eigenvalue weighted by Gasteiger charge is 2.13. The van der Waals surface area contributed by atoms with Crippen LogP contribution in [0.4, 0.5) is 17.1 Å². The Morgan fingerprint density at radius 2 is 1.93 bits per heavy atom. The van der Waals surface area contributed by atoms with Crippen molar-refractivity contribution >= 4 is 34.6 Å². The molecular formula is C22H22ClN3O2. The van der Waals surface area contributed by atoms with Gasteiger partial charge in [0.05, 0.1) is 40.5 Å². The van der Waals surface area contributed by atoms with Gasteiger partial charge in [-0.15, -0.1) is 0 Å². The van der Waals surface area contributed by atoms with Crippen molar-refractivity contribution in [1.82, 2.24) is 4.98 Å². The summed E-state index contributed by atoms with van der Waals surface area (Å²) in [5.41, 5.74) is 4.48. The van der Waals surface area contributed by atoms with E-state index in [-0.39, 0.29) is 5.91 Å². The molecule has 0 radical (unpaired) electrons.